The van der Waals surface area contributed by atoms with Crippen LogP contribution in [0.5, 0.6) is 0 Å². The maximum absolute atomic E-state index is 15.0. The lowest BCUT2D eigenvalue weighted by atomic mass is 9.96. The van der Waals surface area contributed by atoms with Crippen molar-refractivity contribution < 1.29 is 33.0 Å². The lowest BCUT2D eigenvalue weighted by Gasteiger charge is -2.21. The molecule has 0 aliphatic rings. The van der Waals surface area contributed by atoms with Crippen LogP contribution in [0.25, 0.3) is 33.1 Å². The van der Waals surface area contributed by atoms with Crippen LogP contribution in [0.15, 0.2) is 89.3 Å². The molecule has 7 nitrogen and oxygen atoms in total. The first kappa shape index (κ1) is 29.8. The van der Waals surface area contributed by atoms with Crippen molar-refractivity contribution in [3.8, 4) is 11.1 Å². The molecule has 0 aliphatic heterocycles. The summed E-state index contributed by atoms with van der Waals surface area (Å²) in [5.41, 5.74) is 3.31. The van der Waals surface area contributed by atoms with E-state index in [1.807, 2.05) is 48.5 Å². The minimum atomic E-state index is -1.22. The van der Waals surface area contributed by atoms with Crippen LogP contribution in [0, 0.1) is 5.82 Å². The number of benzene rings is 4. The number of carboxylic acid groups (broad SMARTS) is 1. The van der Waals surface area contributed by atoms with Crippen LogP contribution < -0.4 is 5.32 Å². The second kappa shape index (κ2) is 12.3. The van der Waals surface area contributed by atoms with Crippen molar-refractivity contribution in [2.75, 3.05) is 5.75 Å². The minimum Gasteiger partial charge on any atom is -0.480 e. The smallest absolute Gasteiger partial charge is 0.408 e. The number of thioether (sulfide) groups is 1. The number of ketones is 1. The van der Waals surface area contributed by atoms with Crippen LogP contribution in [0.2, 0.25) is 0 Å². The van der Waals surface area contributed by atoms with Crippen LogP contribution in [0.1, 0.15) is 42.3 Å². The highest BCUT2D eigenvalue weighted by Gasteiger charge is 2.24. The quantitative estimate of drug-likeness (QED) is 0.166. The highest BCUT2D eigenvalue weighted by molar-refractivity contribution is 7.98. The van der Waals surface area contributed by atoms with Crippen LogP contribution in [0.4, 0.5) is 9.18 Å². The molecule has 1 amide bonds. The third-order valence-corrected chi connectivity index (χ3v) is 7.77. The zero-order valence-electron chi connectivity index (χ0n) is 23.8. The number of carbonyl (C=O) groups excluding carboxylic acids is 2. The van der Waals surface area contributed by atoms with Crippen molar-refractivity contribution in [2.45, 2.75) is 38.2 Å². The molecule has 43 heavy (non-hydrogen) atoms. The van der Waals surface area contributed by atoms with Crippen LogP contribution in [-0.4, -0.2) is 40.3 Å². The summed E-state index contributed by atoms with van der Waals surface area (Å²) in [6.07, 6.45) is -0.840. The Balaban J connectivity index is 1.29. The Morgan fingerprint density at radius 2 is 1.65 bits per heavy atom. The molecule has 5 aromatic rings. The normalized spacial score (nSPS) is 12.3. The van der Waals surface area contributed by atoms with Crippen molar-refractivity contribution in [3.05, 3.63) is 107 Å². The van der Waals surface area contributed by atoms with Crippen molar-refractivity contribution in [3.63, 3.8) is 0 Å². The van der Waals surface area contributed by atoms with Gasteiger partial charge in [-0.3, -0.25) is 4.79 Å². The van der Waals surface area contributed by atoms with Crippen LogP contribution >= 0.6 is 11.8 Å². The molecule has 4 aromatic carbocycles. The number of alkyl carbamates (subject to hydrolysis) is 1. The van der Waals surface area contributed by atoms with Gasteiger partial charge in [-0.05, 0) is 50.1 Å². The van der Waals surface area contributed by atoms with E-state index in [2.05, 4.69) is 5.32 Å². The number of aliphatic carboxylic acids is 1. The number of hydrogen-bond donors (Lipinski definition) is 2. The first-order valence-corrected chi connectivity index (χ1v) is 14.8. The monoisotopic (exact) mass is 599 g/mol. The SMILES string of the molecule is CC(C)(C)OC(=O)NC(CSCc1ccc(C(=O)c2cccc(-c3cccc4c3oc3ccccc34)c2)cc1F)C(=O)O. The summed E-state index contributed by atoms with van der Waals surface area (Å²) in [6.45, 7) is 5.02. The number of nitrogens with one attached hydrogen (secondary N) is 1. The van der Waals surface area contributed by atoms with E-state index in [9.17, 15) is 19.5 Å². The number of carboxylic acids is 1. The Kier molecular flexibility index (Phi) is 8.54. The molecule has 220 valence electrons. The molecule has 5 rings (SSSR count). The van der Waals surface area contributed by atoms with Gasteiger partial charge < -0.3 is 19.6 Å². The summed E-state index contributed by atoms with van der Waals surface area (Å²) in [5.74, 6) is -1.98. The van der Waals surface area contributed by atoms with Gasteiger partial charge in [-0.1, -0.05) is 66.7 Å². The summed E-state index contributed by atoms with van der Waals surface area (Å²) in [7, 11) is 0. The Morgan fingerprint density at radius 1 is 0.930 bits per heavy atom. The lowest BCUT2D eigenvalue weighted by Crippen LogP contribution is -2.44. The predicted octanol–water partition coefficient (Wildman–Crippen LogP) is 7.83. The first-order valence-electron chi connectivity index (χ1n) is 13.6. The second-order valence-corrected chi connectivity index (χ2v) is 12.1. The van der Waals surface area contributed by atoms with Gasteiger partial charge >= 0.3 is 12.1 Å². The Hall–Kier alpha value is -4.63. The molecule has 2 N–H and O–H groups in total. The van der Waals surface area contributed by atoms with E-state index in [0.29, 0.717) is 11.1 Å². The lowest BCUT2D eigenvalue weighted by molar-refractivity contribution is -0.138. The number of ether oxygens (including phenoxy) is 1. The van der Waals surface area contributed by atoms with E-state index in [1.54, 1.807) is 45.0 Å². The number of hydrogen-bond acceptors (Lipinski definition) is 6. The largest absolute Gasteiger partial charge is 0.480 e. The summed E-state index contributed by atoms with van der Waals surface area (Å²) in [6, 6.07) is 23.9. The molecule has 0 saturated carbocycles. The fraction of sp³-hybridized carbons (Fsp3) is 0.206. The standard InChI is InChI=1S/C34H30FNO6S/c1-34(2,3)42-33(40)36-28(32(38)39)19-43-18-23-15-14-22(17-27(23)35)30(37)21-9-6-8-20(16-21)24-11-7-12-26-25-10-4-5-13-29(25)41-31(24)26/h4-17,28H,18-19H2,1-3H3,(H,36,40)(H,38,39). The van der Waals surface area contributed by atoms with Crippen molar-refractivity contribution >= 4 is 51.5 Å². The zero-order valence-corrected chi connectivity index (χ0v) is 24.7. The molecule has 1 aromatic heterocycles. The van der Waals surface area contributed by atoms with E-state index >= 15 is 4.39 Å². The molecule has 0 bridgehead atoms. The predicted molar refractivity (Wildman–Crippen MR) is 166 cm³/mol. The Labute approximate surface area is 252 Å². The highest BCUT2D eigenvalue weighted by atomic mass is 32.2. The Bertz CT molecular complexity index is 1840. The zero-order chi connectivity index (χ0) is 30.7. The van der Waals surface area contributed by atoms with Gasteiger partial charge in [0.05, 0.1) is 0 Å². The van der Waals surface area contributed by atoms with E-state index in [1.165, 1.54) is 12.1 Å². The molecule has 0 aliphatic carbocycles. The number of furan rings is 1. The summed E-state index contributed by atoms with van der Waals surface area (Å²) in [5, 5.41) is 13.8. The number of amides is 1. The summed E-state index contributed by atoms with van der Waals surface area (Å²) < 4.78 is 26.3. The summed E-state index contributed by atoms with van der Waals surface area (Å²) >= 11 is 1.14. The van der Waals surface area contributed by atoms with Crippen LogP contribution in [0.3, 0.4) is 0 Å². The average molecular weight is 600 g/mol. The van der Waals surface area contributed by atoms with Gasteiger partial charge in [0.25, 0.3) is 0 Å². The van der Waals surface area contributed by atoms with Crippen molar-refractivity contribution in [1.29, 1.82) is 0 Å². The van der Waals surface area contributed by atoms with E-state index < -0.39 is 29.5 Å². The van der Waals surface area contributed by atoms with Gasteiger partial charge in [-0.25, -0.2) is 14.0 Å². The van der Waals surface area contributed by atoms with E-state index in [-0.39, 0.29) is 22.9 Å². The molecule has 1 heterocycles. The van der Waals surface area contributed by atoms with Crippen molar-refractivity contribution in [2.24, 2.45) is 0 Å². The second-order valence-electron chi connectivity index (χ2n) is 11.0. The van der Waals surface area contributed by atoms with E-state index in [4.69, 9.17) is 9.15 Å². The maximum Gasteiger partial charge on any atom is 0.408 e. The molecular weight excluding hydrogens is 569 g/mol. The third-order valence-electron chi connectivity index (χ3n) is 6.69. The average Bonchev–Trinajstić information content (AvgIpc) is 3.35. The first-order chi connectivity index (χ1) is 20.5. The topological polar surface area (TPSA) is 106 Å². The molecule has 0 fully saturated rings. The van der Waals surface area contributed by atoms with Crippen molar-refractivity contribution in [1.82, 2.24) is 5.32 Å². The number of fused-ring (bicyclic) bond motifs is 3. The molecule has 0 radical (unpaired) electrons. The van der Waals surface area contributed by atoms with Gasteiger partial charge in [0, 0.05) is 39.0 Å². The minimum absolute atomic E-state index is 0.000521. The molecule has 0 spiro atoms. The van der Waals surface area contributed by atoms with Crippen LogP contribution in [-0.2, 0) is 15.3 Å². The number of halogens is 1. The number of rotatable bonds is 9. The molecule has 9 heteroatoms. The van der Waals surface area contributed by atoms with E-state index in [0.717, 1.165) is 44.8 Å². The molecule has 1 atom stereocenters. The molecule has 1 unspecified atom stereocenters. The van der Waals surface area contributed by atoms with Gasteiger partial charge in [-0.15, -0.1) is 0 Å². The maximum atomic E-state index is 15.0. The summed E-state index contributed by atoms with van der Waals surface area (Å²) in [4.78, 5) is 36.9. The fourth-order valence-electron chi connectivity index (χ4n) is 4.69. The fourth-order valence-corrected chi connectivity index (χ4v) is 5.72. The van der Waals surface area contributed by atoms with Gasteiger partial charge in [0.2, 0.25) is 0 Å². The van der Waals surface area contributed by atoms with Gasteiger partial charge in [-0.2, -0.15) is 11.8 Å². The van der Waals surface area contributed by atoms with Gasteiger partial charge in [0.1, 0.15) is 28.6 Å². The molecule has 0 saturated heterocycles. The number of para-hydroxylation sites is 2. The third kappa shape index (κ3) is 6.89. The highest BCUT2D eigenvalue weighted by Crippen LogP contribution is 2.36. The number of carbonyl (C=O) groups is 3. The Morgan fingerprint density at radius 3 is 2.40 bits per heavy atom. The molecular formula is C34H30FNO6S. The van der Waals surface area contributed by atoms with Gasteiger partial charge in [0.15, 0.2) is 5.78 Å².